The Balaban J connectivity index is 1.34. The summed E-state index contributed by atoms with van der Waals surface area (Å²) in [5, 5.41) is 17.2. The second kappa shape index (κ2) is 7.62. The molecule has 1 aromatic rings. The molecule has 1 aliphatic carbocycles. The van der Waals surface area contributed by atoms with Crippen molar-refractivity contribution in [3.63, 3.8) is 0 Å². The molecule has 2 fully saturated rings. The first-order valence-corrected chi connectivity index (χ1v) is 9.80. The molecule has 0 spiro atoms. The topological polar surface area (TPSA) is 79.8 Å². The van der Waals surface area contributed by atoms with Crippen molar-refractivity contribution in [3.05, 3.63) is 22.7 Å². The highest BCUT2D eigenvalue weighted by Crippen LogP contribution is 2.39. The van der Waals surface area contributed by atoms with E-state index < -0.39 is 6.10 Å². The van der Waals surface area contributed by atoms with Crippen LogP contribution in [0, 0.1) is 5.92 Å². The van der Waals surface area contributed by atoms with Crippen LogP contribution in [0.15, 0.2) is 12.1 Å². The molecule has 3 N–H and O–H groups in total. The lowest BCUT2D eigenvalue weighted by molar-refractivity contribution is -0.123. The predicted octanol–water partition coefficient (Wildman–Crippen LogP) is 2.18. The first-order valence-electron chi connectivity index (χ1n) is 9.42. The molecule has 4 unspecified atom stereocenters. The lowest BCUT2D eigenvalue weighted by Gasteiger charge is -2.24. The highest BCUT2D eigenvalue weighted by atomic mass is 35.5. The Morgan fingerprint density at radius 3 is 2.96 bits per heavy atom. The predicted molar refractivity (Wildman–Crippen MR) is 97.7 cm³/mol. The summed E-state index contributed by atoms with van der Waals surface area (Å²) in [6.45, 7) is 1.05. The summed E-state index contributed by atoms with van der Waals surface area (Å²) in [5.41, 5.74) is 0.604. The van der Waals surface area contributed by atoms with Gasteiger partial charge < -0.3 is 25.2 Å². The van der Waals surface area contributed by atoms with Gasteiger partial charge in [0.05, 0.1) is 17.2 Å². The number of halogens is 1. The van der Waals surface area contributed by atoms with Crippen molar-refractivity contribution < 1.29 is 19.4 Å². The van der Waals surface area contributed by atoms with Gasteiger partial charge in [0.2, 0.25) is 5.91 Å². The van der Waals surface area contributed by atoms with E-state index in [1.165, 1.54) is 19.3 Å². The molecule has 0 aromatic heterocycles. The quantitative estimate of drug-likeness (QED) is 0.746. The Morgan fingerprint density at radius 1 is 1.31 bits per heavy atom. The fourth-order valence-corrected chi connectivity index (χ4v) is 4.56. The van der Waals surface area contributed by atoms with E-state index in [1.54, 1.807) is 12.1 Å². The highest BCUT2D eigenvalue weighted by Gasteiger charge is 2.38. The van der Waals surface area contributed by atoms with Gasteiger partial charge in [-0.1, -0.05) is 24.4 Å². The van der Waals surface area contributed by atoms with Crippen molar-refractivity contribution >= 4 is 17.5 Å². The maximum Gasteiger partial charge on any atom is 0.237 e. The van der Waals surface area contributed by atoms with Crippen LogP contribution < -0.4 is 20.1 Å². The lowest BCUT2D eigenvalue weighted by Crippen LogP contribution is -2.44. The van der Waals surface area contributed by atoms with Crippen LogP contribution >= 0.6 is 11.6 Å². The first kappa shape index (κ1) is 17.9. The fraction of sp³-hybridized carbons (Fsp3) is 0.632. The summed E-state index contributed by atoms with van der Waals surface area (Å²) in [6, 6.07) is 3.70. The van der Waals surface area contributed by atoms with Gasteiger partial charge in [0.1, 0.15) is 13.2 Å². The van der Waals surface area contributed by atoms with E-state index in [4.69, 9.17) is 21.1 Å². The molecule has 2 heterocycles. The third kappa shape index (κ3) is 3.63. The minimum atomic E-state index is -0.851. The van der Waals surface area contributed by atoms with Crippen molar-refractivity contribution in [3.8, 4) is 11.5 Å². The van der Waals surface area contributed by atoms with Crippen LogP contribution in [0.4, 0.5) is 0 Å². The van der Waals surface area contributed by atoms with Gasteiger partial charge in [0.15, 0.2) is 11.5 Å². The normalized spacial score (nSPS) is 28.3. The number of hydrogen-bond donors (Lipinski definition) is 3. The Morgan fingerprint density at radius 2 is 2.12 bits per heavy atom. The Labute approximate surface area is 158 Å². The molecule has 1 saturated heterocycles. The molecule has 4 atom stereocenters. The molecule has 0 radical (unpaired) electrons. The number of aliphatic hydroxyl groups excluding tert-OH is 1. The van der Waals surface area contributed by atoms with Crippen LogP contribution in [-0.4, -0.2) is 42.9 Å². The second-order valence-electron chi connectivity index (χ2n) is 7.39. The van der Waals surface area contributed by atoms with E-state index in [1.807, 2.05) is 0 Å². The maximum absolute atomic E-state index is 12.5. The fourth-order valence-electron chi connectivity index (χ4n) is 4.28. The van der Waals surface area contributed by atoms with E-state index in [2.05, 4.69) is 10.6 Å². The number of ether oxygens (including phenoxy) is 2. The van der Waals surface area contributed by atoms with E-state index in [9.17, 15) is 9.90 Å². The molecule has 0 bridgehead atoms. The van der Waals surface area contributed by atoms with Crippen molar-refractivity contribution in [2.75, 3.05) is 19.8 Å². The van der Waals surface area contributed by atoms with Gasteiger partial charge >= 0.3 is 0 Å². The average Bonchev–Trinajstić information content (AvgIpc) is 3.10. The highest BCUT2D eigenvalue weighted by molar-refractivity contribution is 6.32. The van der Waals surface area contributed by atoms with Crippen LogP contribution in [0.5, 0.6) is 11.5 Å². The third-order valence-corrected chi connectivity index (χ3v) is 5.93. The van der Waals surface area contributed by atoms with Gasteiger partial charge in [-0.25, -0.2) is 0 Å². The van der Waals surface area contributed by atoms with Gasteiger partial charge in [0, 0.05) is 12.6 Å². The molecule has 2 aliphatic heterocycles. The van der Waals surface area contributed by atoms with E-state index in [0.717, 1.165) is 12.8 Å². The number of hydrogen-bond acceptors (Lipinski definition) is 5. The Bertz CT molecular complexity index is 670. The second-order valence-corrected chi connectivity index (χ2v) is 7.80. The standard InChI is InChI=1S/C19H25ClN2O4/c20-13-7-12(9-17-18(13)26-6-5-25-17)16(23)10-21-19(24)15-8-11-3-1-2-4-14(11)22-15/h7,9,11,14-16,22-23H,1-6,8,10H2,(H,21,24). The monoisotopic (exact) mass is 380 g/mol. The van der Waals surface area contributed by atoms with E-state index in [-0.39, 0.29) is 18.5 Å². The molecule has 1 saturated carbocycles. The molecule has 7 heteroatoms. The van der Waals surface area contributed by atoms with Crippen LogP contribution in [0.25, 0.3) is 0 Å². The van der Waals surface area contributed by atoms with Gasteiger partial charge in [-0.2, -0.15) is 0 Å². The zero-order valence-corrected chi connectivity index (χ0v) is 15.4. The zero-order chi connectivity index (χ0) is 18.1. The molecule has 1 aromatic carbocycles. The number of benzene rings is 1. The maximum atomic E-state index is 12.5. The summed E-state index contributed by atoms with van der Waals surface area (Å²) < 4.78 is 11.0. The molecule has 4 rings (SSSR count). The zero-order valence-electron chi connectivity index (χ0n) is 14.7. The third-order valence-electron chi connectivity index (χ3n) is 5.65. The van der Waals surface area contributed by atoms with Crippen molar-refractivity contribution in [1.29, 1.82) is 0 Å². The molecule has 3 aliphatic rings. The number of carbonyl (C=O) groups excluding carboxylic acids is 1. The van der Waals surface area contributed by atoms with Crippen LogP contribution in [-0.2, 0) is 4.79 Å². The molecule has 142 valence electrons. The first-order chi connectivity index (χ1) is 12.6. The average molecular weight is 381 g/mol. The van der Waals surface area contributed by atoms with Crippen LogP contribution in [0.1, 0.15) is 43.8 Å². The number of carbonyl (C=O) groups is 1. The number of amides is 1. The summed E-state index contributed by atoms with van der Waals surface area (Å²) in [7, 11) is 0. The smallest absolute Gasteiger partial charge is 0.237 e. The number of rotatable bonds is 4. The Kier molecular flexibility index (Phi) is 5.25. The molecule has 26 heavy (non-hydrogen) atoms. The summed E-state index contributed by atoms with van der Waals surface area (Å²) in [5.74, 6) is 1.62. The molecule has 1 amide bonds. The van der Waals surface area contributed by atoms with Crippen LogP contribution in [0.2, 0.25) is 5.02 Å². The summed E-state index contributed by atoms with van der Waals surface area (Å²) >= 11 is 6.21. The lowest BCUT2D eigenvalue weighted by atomic mass is 9.85. The largest absolute Gasteiger partial charge is 0.486 e. The van der Waals surface area contributed by atoms with Gasteiger partial charge in [-0.15, -0.1) is 0 Å². The molecule has 6 nitrogen and oxygen atoms in total. The van der Waals surface area contributed by atoms with Crippen molar-refractivity contribution in [1.82, 2.24) is 10.6 Å². The number of aliphatic hydroxyl groups is 1. The van der Waals surface area contributed by atoms with Crippen molar-refractivity contribution in [2.45, 2.75) is 50.3 Å². The minimum Gasteiger partial charge on any atom is -0.486 e. The van der Waals surface area contributed by atoms with Crippen molar-refractivity contribution in [2.24, 2.45) is 5.92 Å². The van der Waals surface area contributed by atoms with E-state index in [0.29, 0.717) is 47.3 Å². The van der Waals surface area contributed by atoms with Crippen LogP contribution in [0.3, 0.4) is 0 Å². The van der Waals surface area contributed by atoms with Gasteiger partial charge in [-0.3, -0.25) is 4.79 Å². The molecular weight excluding hydrogens is 356 g/mol. The Hall–Kier alpha value is -1.50. The summed E-state index contributed by atoms with van der Waals surface area (Å²) in [6.07, 6.45) is 4.91. The SMILES string of the molecule is O=C(NCC(O)c1cc(Cl)c2c(c1)OCCO2)C1CC2CCCCC2N1. The summed E-state index contributed by atoms with van der Waals surface area (Å²) in [4.78, 5) is 12.5. The van der Waals surface area contributed by atoms with Gasteiger partial charge in [-0.05, 0) is 42.9 Å². The number of fused-ring (bicyclic) bond motifs is 2. The van der Waals surface area contributed by atoms with E-state index >= 15 is 0 Å². The number of nitrogens with one attached hydrogen (secondary N) is 2. The molecular formula is C19H25ClN2O4. The van der Waals surface area contributed by atoms with Gasteiger partial charge in [0.25, 0.3) is 0 Å². The minimum absolute atomic E-state index is 0.0397.